The Hall–Kier alpha value is -4.18. The fraction of sp³-hybridized carbons (Fsp3) is 0.200. The molecule has 0 bridgehead atoms. The number of carbonyl (C=O) groups excluding carboxylic acids is 2. The van der Waals surface area contributed by atoms with Gasteiger partial charge in [-0.2, -0.15) is 4.99 Å². The van der Waals surface area contributed by atoms with E-state index in [4.69, 9.17) is 4.98 Å². The molecule has 1 saturated heterocycles. The summed E-state index contributed by atoms with van der Waals surface area (Å²) in [7, 11) is 0. The van der Waals surface area contributed by atoms with Crippen molar-refractivity contribution in [2.24, 2.45) is 4.99 Å². The van der Waals surface area contributed by atoms with E-state index in [1.165, 1.54) is 10.5 Å². The first-order valence-corrected chi connectivity index (χ1v) is 11.8. The highest BCUT2D eigenvalue weighted by atomic mass is 32.1. The number of nitrogens with one attached hydrogen (secondary N) is 1. The highest BCUT2D eigenvalue weighted by Crippen LogP contribution is 2.32. The van der Waals surface area contributed by atoms with Crippen LogP contribution in [0, 0.1) is 20.8 Å². The van der Waals surface area contributed by atoms with Crippen molar-refractivity contribution in [1.82, 2.24) is 20.3 Å². The molecule has 10 heteroatoms. The van der Waals surface area contributed by atoms with Gasteiger partial charge in [-0.15, -0.1) is 11.3 Å². The Kier molecular flexibility index (Phi) is 5.73. The minimum absolute atomic E-state index is 0.0312. The maximum absolute atomic E-state index is 12.3. The van der Waals surface area contributed by atoms with Crippen LogP contribution >= 0.6 is 11.3 Å². The van der Waals surface area contributed by atoms with E-state index in [-0.39, 0.29) is 18.3 Å². The molecule has 1 amide bonds. The summed E-state index contributed by atoms with van der Waals surface area (Å²) in [4.78, 5) is 43.4. The van der Waals surface area contributed by atoms with E-state index in [2.05, 4.69) is 26.3 Å². The van der Waals surface area contributed by atoms with Gasteiger partial charge < -0.3 is 14.8 Å². The largest absolute Gasteiger partial charge is 0.548 e. The SMILES string of the molecule is Cc1ccc2nc(-c3ccc(N4/C(=N/c5nc(C)cc(C)n5)NC(=O)C[C@H]4C(=O)[O-])cc3)sc2c1. The van der Waals surface area contributed by atoms with E-state index >= 15 is 0 Å². The lowest BCUT2D eigenvalue weighted by Gasteiger charge is -2.38. The summed E-state index contributed by atoms with van der Waals surface area (Å²) in [5, 5.41) is 15.5. The summed E-state index contributed by atoms with van der Waals surface area (Å²) in [5.41, 5.74) is 4.94. The summed E-state index contributed by atoms with van der Waals surface area (Å²) in [6.07, 6.45) is -0.270. The molecule has 0 unspecified atom stereocenters. The van der Waals surface area contributed by atoms with Crippen molar-refractivity contribution < 1.29 is 14.7 Å². The van der Waals surface area contributed by atoms with Crippen molar-refractivity contribution in [3.8, 4) is 10.6 Å². The molecule has 0 saturated carbocycles. The lowest BCUT2D eigenvalue weighted by Crippen LogP contribution is -2.61. The van der Waals surface area contributed by atoms with Gasteiger partial charge in [-0.3, -0.25) is 10.1 Å². The van der Waals surface area contributed by atoms with Gasteiger partial charge >= 0.3 is 0 Å². The molecule has 1 aliphatic heterocycles. The Balaban J connectivity index is 1.54. The van der Waals surface area contributed by atoms with Gasteiger partial charge in [0.05, 0.1) is 28.6 Å². The molecule has 5 rings (SSSR count). The van der Waals surface area contributed by atoms with Gasteiger partial charge in [-0.05, 0) is 68.8 Å². The molecule has 0 aliphatic carbocycles. The second-order valence-electron chi connectivity index (χ2n) is 8.38. The van der Waals surface area contributed by atoms with Crippen molar-refractivity contribution in [2.75, 3.05) is 4.90 Å². The normalized spacial score (nSPS) is 17.1. The zero-order valence-electron chi connectivity index (χ0n) is 19.3. The molecule has 1 fully saturated rings. The predicted molar refractivity (Wildman–Crippen MR) is 132 cm³/mol. The number of hydrogen-bond donors (Lipinski definition) is 1. The number of fused-ring (bicyclic) bond motifs is 1. The first-order valence-electron chi connectivity index (χ1n) is 11.0. The van der Waals surface area contributed by atoms with E-state index in [0.717, 1.165) is 20.8 Å². The molecule has 0 spiro atoms. The van der Waals surface area contributed by atoms with Crippen LogP contribution in [0.2, 0.25) is 0 Å². The second-order valence-corrected chi connectivity index (χ2v) is 9.41. The monoisotopic (exact) mass is 485 g/mol. The number of aryl methyl sites for hydroxylation is 3. The number of carboxylic acid groups (broad SMARTS) is 1. The third-order valence-corrected chi connectivity index (χ3v) is 6.62. The first-order chi connectivity index (χ1) is 16.8. The summed E-state index contributed by atoms with van der Waals surface area (Å²) in [6, 6.07) is 14.0. The topological polar surface area (TPSA) is 124 Å². The van der Waals surface area contributed by atoms with E-state index in [1.807, 2.05) is 45.0 Å². The number of thiazole rings is 1. The van der Waals surface area contributed by atoms with Crippen molar-refractivity contribution in [3.63, 3.8) is 0 Å². The number of aliphatic imine (C=N–C) groups is 1. The lowest BCUT2D eigenvalue weighted by atomic mass is 10.1. The molecule has 4 aromatic rings. The number of anilines is 1. The van der Waals surface area contributed by atoms with Gasteiger partial charge in [0.15, 0.2) is 0 Å². The van der Waals surface area contributed by atoms with Crippen LogP contribution in [0.3, 0.4) is 0 Å². The molecule has 0 radical (unpaired) electrons. The van der Waals surface area contributed by atoms with Crippen LogP contribution in [0.4, 0.5) is 11.6 Å². The van der Waals surface area contributed by atoms with E-state index in [1.54, 1.807) is 29.5 Å². The summed E-state index contributed by atoms with van der Waals surface area (Å²) in [6.45, 7) is 5.66. The maximum atomic E-state index is 12.3. The Labute approximate surface area is 205 Å². The third kappa shape index (κ3) is 4.60. The van der Waals surface area contributed by atoms with Gasteiger partial charge in [-0.25, -0.2) is 15.0 Å². The minimum Gasteiger partial charge on any atom is -0.548 e. The molecule has 1 atom stereocenters. The number of hydrogen-bond acceptors (Lipinski definition) is 8. The number of aliphatic carboxylic acids is 1. The number of aromatic nitrogens is 3. The smallest absolute Gasteiger partial charge is 0.253 e. The van der Waals surface area contributed by atoms with Crippen LogP contribution in [0.15, 0.2) is 53.5 Å². The average Bonchev–Trinajstić information content (AvgIpc) is 3.21. The van der Waals surface area contributed by atoms with E-state index < -0.39 is 17.9 Å². The van der Waals surface area contributed by atoms with Crippen molar-refractivity contribution >= 4 is 51.0 Å². The Morgan fingerprint density at radius 3 is 2.46 bits per heavy atom. The van der Waals surface area contributed by atoms with Crippen molar-refractivity contribution in [2.45, 2.75) is 33.2 Å². The zero-order chi connectivity index (χ0) is 24.7. The second kappa shape index (κ2) is 8.88. The molecule has 9 nitrogen and oxygen atoms in total. The fourth-order valence-electron chi connectivity index (χ4n) is 4.00. The zero-order valence-corrected chi connectivity index (χ0v) is 20.1. The number of carboxylic acids is 1. The third-order valence-electron chi connectivity index (χ3n) is 5.55. The van der Waals surface area contributed by atoms with Gasteiger partial charge in [0, 0.05) is 22.6 Å². The van der Waals surface area contributed by atoms with E-state index in [9.17, 15) is 14.7 Å². The van der Waals surface area contributed by atoms with Crippen LogP contribution in [-0.4, -0.2) is 38.8 Å². The van der Waals surface area contributed by atoms with Crippen LogP contribution in [0.5, 0.6) is 0 Å². The molecule has 176 valence electrons. The van der Waals surface area contributed by atoms with Gasteiger partial charge in [-0.1, -0.05) is 6.07 Å². The quantitative estimate of drug-likeness (QED) is 0.471. The molecular weight excluding hydrogens is 464 g/mol. The summed E-state index contributed by atoms with van der Waals surface area (Å²) in [5.74, 6) is -1.69. The van der Waals surface area contributed by atoms with Crippen molar-refractivity contribution in [3.05, 3.63) is 65.5 Å². The van der Waals surface area contributed by atoms with Gasteiger partial charge in [0.2, 0.25) is 11.9 Å². The number of amides is 1. The predicted octanol–water partition coefficient (Wildman–Crippen LogP) is 2.81. The standard InChI is InChI=1S/C25H22N6O3S/c1-13-4-9-18-20(10-13)35-22(28-18)16-5-7-17(8-6-16)31-19(23(33)34)12-21(32)29-25(31)30-24-26-14(2)11-15(3)27-24/h4-11,19H,12H2,1-3H3,(H,33,34)(H,26,27,29,30,32)/p-1/t19-/m0/s1. The van der Waals surface area contributed by atoms with Gasteiger partial charge in [0.1, 0.15) is 5.01 Å². The molecule has 1 aliphatic rings. The number of benzene rings is 2. The minimum atomic E-state index is -1.38. The van der Waals surface area contributed by atoms with Crippen LogP contribution < -0.4 is 15.3 Å². The first kappa shape index (κ1) is 22.6. The summed E-state index contributed by atoms with van der Waals surface area (Å²) < 4.78 is 1.10. The molecule has 35 heavy (non-hydrogen) atoms. The Bertz CT molecular complexity index is 1470. The van der Waals surface area contributed by atoms with Crippen molar-refractivity contribution in [1.29, 1.82) is 0 Å². The van der Waals surface area contributed by atoms with E-state index in [0.29, 0.717) is 17.1 Å². The highest BCUT2D eigenvalue weighted by Gasteiger charge is 2.33. The lowest BCUT2D eigenvalue weighted by molar-refractivity contribution is -0.307. The highest BCUT2D eigenvalue weighted by molar-refractivity contribution is 7.21. The molecular formula is C25H21N6O3S-. The van der Waals surface area contributed by atoms with Crippen LogP contribution in [0.1, 0.15) is 23.4 Å². The average molecular weight is 486 g/mol. The number of rotatable bonds is 4. The maximum Gasteiger partial charge on any atom is 0.253 e. The Morgan fingerprint density at radius 2 is 1.77 bits per heavy atom. The Morgan fingerprint density at radius 1 is 1.06 bits per heavy atom. The number of nitrogens with zero attached hydrogens (tertiary/aromatic N) is 5. The number of carbonyl (C=O) groups is 2. The summed E-state index contributed by atoms with van der Waals surface area (Å²) >= 11 is 1.59. The van der Waals surface area contributed by atoms with Crippen LogP contribution in [0.25, 0.3) is 20.8 Å². The molecule has 2 aromatic carbocycles. The van der Waals surface area contributed by atoms with Crippen LogP contribution in [-0.2, 0) is 9.59 Å². The molecule has 3 heterocycles. The fourth-order valence-corrected chi connectivity index (χ4v) is 5.06. The molecule has 1 N–H and O–H groups in total. The molecule has 2 aromatic heterocycles. The number of guanidine groups is 1. The van der Waals surface area contributed by atoms with Gasteiger partial charge in [0.25, 0.3) is 5.95 Å².